The summed E-state index contributed by atoms with van der Waals surface area (Å²) >= 11 is 0. The normalized spacial score (nSPS) is 20.0. The van der Waals surface area contributed by atoms with E-state index in [-0.39, 0.29) is 24.0 Å². The number of rotatable bonds is 4. The second-order valence-corrected chi connectivity index (χ2v) is 7.56. The number of aryl methyl sites for hydroxylation is 1. The zero-order valence-electron chi connectivity index (χ0n) is 16.7. The van der Waals surface area contributed by atoms with Crippen molar-refractivity contribution in [2.75, 3.05) is 31.1 Å². The Morgan fingerprint density at radius 2 is 1.96 bits per heavy atom. The fraction of sp³-hybridized carbons (Fsp3) is 0.619. The number of anilines is 1. The van der Waals surface area contributed by atoms with Crippen molar-refractivity contribution in [3.8, 4) is 5.75 Å². The highest BCUT2D eigenvalue weighted by atomic mass is 16.5. The van der Waals surface area contributed by atoms with Crippen molar-refractivity contribution in [1.29, 1.82) is 0 Å². The fourth-order valence-corrected chi connectivity index (χ4v) is 3.75. The number of urea groups is 1. The Morgan fingerprint density at radius 1 is 1.22 bits per heavy atom. The van der Waals surface area contributed by atoms with E-state index in [2.05, 4.69) is 12.2 Å². The van der Waals surface area contributed by atoms with Gasteiger partial charge in [0.15, 0.2) is 0 Å². The summed E-state index contributed by atoms with van der Waals surface area (Å²) in [6.07, 6.45) is 3.27. The van der Waals surface area contributed by atoms with Gasteiger partial charge in [-0.1, -0.05) is 19.9 Å². The first-order chi connectivity index (χ1) is 13.0. The van der Waals surface area contributed by atoms with Gasteiger partial charge in [0.25, 0.3) is 0 Å². The number of piperidine rings is 1. The molecule has 1 saturated heterocycles. The molecule has 2 heterocycles. The van der Waals surface area contributed by atoms with Crippen molar-refractivity contribution in [1.82, 2.24) is 10.2 Å². The van der Waals surface area contributed by atoms with Crippen LogP contribution in [0.5, 0.6) is 5.75 Å². The molecule has 27 heavy (non-hydrogen) atoms. The molecule has 1 fully saturated rings. The topological polar surface area (TPSA) is 61.9 Å². The Labute approximate surface area is 161 Å². The third kappa shape index (κ3) is 4.37. The Balaban J connectivity index is 1.68. The van der Waals surface area contributed by atoms with Crippen LogP contribution in [0, 0.1) is 12.8 Å². The second kappa shape index (κ2) is 8.63. The van der Waals surface area contributed by atoms with Gasteiger partial charge in [-0.2, -0.15) is 0 Å². The third-order valence-corrected chi connectivity index (χ3v) is 5.46. The average Bonchev–Trinajstić information content (AvgIpc) is 2.70. The average molecular weight is 373 g/mol. The summed E-state index contributed by atoms with van der Waals surface area (Å²) in [7, 11) is 0. The van der Waals surface area contributed by atoms with Crippen LogP contribution in [0.4, 0.5) is 10.5 Å². The maximum atomic E-state index is 13.2. The van der Waals surface area contributed by atoms with Crippen molar-refractivity contribution in [3.05, 3.63) is 23.8 Å². The van der Waals surface area contributed by atoms with Gasteiger partial charge in [-0.15, -0.1) is 0 Å². The maximum Gasteiger partial charge on any atom is 0.324 e. The SMILES string of the molecule is CCCNC(=O)C1CCN(C(=O)N2C[C@@H](CC)Oc3ccc(C)cc32)CC1. The van der Waals surface area contributed by atoms with E-state index in [4.69, 9.17) is 4.74 Å². The summed E-state index contributed by atoms with van der Waals surface area (Å²) in [6.45, 7) is 8.69. The van der Waals surface area contributed by atoms with Gasteiger partial charge < -0.3 is 15.0 Å². The van der Waals surface area contributed by atoms with Crippen LogP contribution in [0.2, 0.25) is 0 Å². The van der Waals surface area contributed by atoms with Crippen LogP contribution in [0.3, 0.4) is 0 Å². The van der Waals surface area contributed by atoms with Crippen molar-refractivity contribution >= 4 is 17.6 Å². The van der Waals surface area contributed by atoms with Gasteiger partial charge in [0.2, 0.25) is 5.91 Å². The fourth-order valence-electron chi connectivity index (χ4n) is 3.75. The highest BCUT2D eigenvalue weighted by molar-refractivity contribution is 5.94. The molecule has 3 rings (SSSR count). The molecule has 2 aliphatic heterocycles. The van der Waals surface area contributed by atoms with E-state index in [1.54, 1.807) is 0 Å². The predicted octanol–water partition coefficient (Wildman–Crippen LogP) is 3.33. The highest BCUT2D eigenvalue weighted by Gasteiger charge is 2.34. The minimum atomic E-state index is 0.0153. The zero-order chi connectivity index (χ0) is 19.4. The van der Waals surface area contributed by atoms with Crippen LogP contribution < -0.4 is 15.0 Å². The van der Waals surface area contributed by atoms with Crippen molar-refractivity contribution in [2.45, 2.75) is 52.6 Å². The van der Waals surface area contributed by atoms with Crippen LogP contribution in [0.25, 0.3) is 0 Å². The molecule has 3 amide bonds. The molecule has 1 N–H and O–H groups in total. The number of likely N-dealkylation sites (tertiary alicyclic amines) is 1. The van der Waals surface area contributed by atoms with E-state index in [1.807, 2.05) is 41.8 Å². The highest BCUT2D eigenvalue weighted by Crippen LogP contribution is 2.36. The lowest BCUT2D eigenvalue weighted by molar-refractivity contribution is -0.126. The lowest BCUT2D eigenvalue weighted by Gasteiger charge is -2.39. The molecule has 0 bridgehead atoms. The van der Waals surface area contributed by atoms with Gasteiger partial charge in [-0.05, 0) is 50.3 Å². The number of nitrogens with one attached hydrogen (secondary N) is 1. The van der Waals surface area contributed by atoms with Crippen molar-refractivity contribution in [2.24, 2.45) is 5.92 Å². The summed E-state index contributed by atoms with van der Waals surface area (Å²) < 4.78 is 6.02. The molecule has 2 aliphatic rings. The number of benzene rings is 1. The Morgan fingerprint density at radius 3 is 2.63 bits per heavy atom. The summed E-state index contributed by atoms with van der Waals surface area (Å²) in [5.74, 6) is 0.923. The number of fused-ring (bicyclic) bond motifs is 1. The molecule has 0 saturated carbocycles. The smallest absolute Gasteiger partial charge is 0.324 e. The quantitative estimate of drug-likeness (QED) is 0.881. The standard InChI is InChI=1S/C21H31N3O3/c1-4-10-22-20(25)16-8-11-23(12-9-16)21(26)24-14-17(5-2)27-19-7-6-15(3)13-18(19)24/h6-7,13,16-17H,4-5,8-12,14H2,1-3H3,(H,22,25)/t17-/m1/s1. The third-order valence-electron chi connectivity index (χ3n) is 5.46. The number of hydrogen-bond acceptors (Lipinski definition) is 3. The van der Waals surface area contributed by atoms with Crippen LogP contribution in [0.1, 0.15) is 45.1 Å². The van der Waals surface area contributed by atoms with Gasteiger partial charge in [-0.3, -0.25) is 9.69 Å². The minimum Gasteiger partial charge on any atom is -0.486 e. The van der Waals surface area contributed by atoms with E-state index in [1.165, 1.54) is 0 Å². The van der Waals surface area contributed by atoms with E-state index < -0.39 is 0 Å². The molecule has 0 radical (unpaired) electrons. The minimum absolute atomic E-state index is 0.0153. The molecular weight excluding hydrogens is 342 g/mol. The van der Waals surface area contributed by atoms with E-state index in [0.717, 1.165) is 49.2 Å². The summed E-state index contributed by atoms with van der Waals surface area (Å²) in [4.78, 5) is 29.2. The second-order valence-electron chi connectivity index (χ2n) is 7.56. The molecule has 1 atom stereocenters. The summed E-state index contributed by atoms with van der Waals surface area (Å²) in [5.41, 5.74) is 1.96. The molecule has 0 spiro atoms. The first-order valence-electron chi connectivity index (χ1n) is 10.1. The number of ether oxygens (including phenoxy) is 1. The lowest BCUT2D eigenvalue weighted by Crippen LogP contribution is -2.52. The molecule has 1 aromatic carbocycles. The van der Waals surface area contributed by atoms with Crippen molar-refractivity contribution in [3.63, 3.8) is 0 Å². The Hall–Kier alpha value is -2.24. The predicted molar refractivity (Wildman–Crippen MR) is 106 cm³/mol. The number of carbonyl (C=O) groups is 2. The van der Waals surface area contributed by atoms with Gasteiger partial charge in [0, 0.05) is 25.6 Å². The lowest BCUT2D eigenvalue weighted by atomic mass is 9.96. The Bertz CT molecular complexity index is 683. The maximum absolute atomic E-state index is 13.2. The van der Waals surface area contributed by atoms with Crippen LogP contribution in [-0.2, 0) is 4.79 Å². The van der Waals surface area contributed by atoms with E-state index >= 15 is 0 Å². The summed E-state index contributed by atoms with van der Waals surface area (Å²) in [5, 5.41) is 2.97. The molecule has 6 nitrogen and oxygen atoms in total. The number of amides is 3. The Kier molecular flexibility index (Phi) is 6.24. The zero-order valence-corrected chi connectivity index (χ0v) is 16.7. The van der Waals surface area contributed by atoms with Gasteiger partial charge in [0.1, 0.15) is 11.9 Å². The first kappa shape index (κ1) is 19.5. The monoisotopic (exact) mass is 373 g/mol. The number of hydrogen-bond donors (Lipinski definition) is 1. The number of nitrogens with zero attached hydrogens (tertiary/aromatic N) is 2. The van der Waals surface area contributed by atoms with E-state index in [9.17, 15) is 9.59 Å². The summed E-state index contributed by atoms with van der Waals surface area (Å²) in [6, 6.07) is 6.01. The van der Waals surface area contributed by atoms with Gasteiger partial charge >= 0.3 is 6.03 Å². The number of carbonyl (C=O) groups excluding carboxylic acids is 2. The molecule has 0 aliphatic carbocycles. The van der Waals surface area contributed by atoms with Crippen LogP contribution in [-0.4, -0.2) is 49.1 Å². The first-order valence-corrected chi connectivity index (χ1v) is 10.1. The van der Waals surface area contributed by atoms with Crippen molar-refractivity contribution < 1.29 is 14.3 Å². The van der Waals surface area contributed by atoms with Gasteiger partial charge in [0.05, 0.1) is 12.2 Å². The molecule has 0 aromatic heterocycles. The van der Waals surface area contributed by atoms with Gasteiger partial charge in [-0.25, -0.2) is 4.79 Å². The van der Waals surface area contributed by atoms with Crippen LogP contribution >= 0.6 is 0 Å². The largest absolute Gasteiger partial charge is 0.486 e. The van der Waals surface area contributed by atoms with Crippen LogP contribution in [0.15, 0.2) is 18.2 Å². The molecule has 148 valence electrons. The molecular formula is C21H31N3O3. The molecule has 0 unspecified atom stereocenters. The molecule has 1 aromatic rings. The molecule has 6 heteroatoms. The van der Waals surface area contributed by atoms with E-state index in [0.29, 0.717) is 19.6 Å².